The number of hydrogen-bond donors (Lipinski definition) is 0. The summed E-state index contributed by atoms with van der Waals surface area (Å²) in [7, 11) is 0. The summed E-state index contributed by atoms with van der Waals surface area (Å²) in [5.41, 5.74) is 19.5. The van der Waals surface area contributed by atoms with E-state index in [4.69, 9.17) is 0 Å². The van der Waals surface area contributed by atoms with Crippen LogP contribution in [0.2, 0.25) is 0 Å². The van der Waals surface area contributed by atoms with Crippen molar-refractivity contribution in [2.45, 2.75) is 38.5 Å². The lowest BCUT2D eigenvalue weighted by Gasteiger charge is -2.36. The van der Waals surface area contributed by atoms with Gasteiger partial charge in [0.25, 0.3) is 0 Å². The third-order valence-corrected chi connectivity index (χ3v) is 11.9. The molecular formula is C51H41N. The van der Waals surface area contributed by atoms with E-state index >= 15 is 0 Å². The zero-order chi connectivity index (χ0) is 34.8. The topological polar surface area (TPSA) is 4.93 Å². The molecule has 3 aliphatic carbocycles. The molecular weight excluding hydrogens is 627 g/mol. The van der Waals surface area contributed by atoms with Gasteiger partial charge in [-0.25, -0.2) is 0 Å². The molecule has 7 aromatic rings. The highest BCUT2D eigenvalue weighted by Crippen LogP contribution is 2.58. The number of nitrogens with zero attached hydrogens (tertiary/aromatic N) is 1. The summed E-state index contributed by atoms with van der Waals surface area (Å²) < 4.78 is 2.53. The van der Waals surface area contributed by atoms with E-state index in [1.807, 2.05) is 0 Å². The number of allylic oxidation sites excluding steroid dienone is 5. The van der Waals surface area contributed by atoms with E-state index in [0.717, 1.165) is 19.3 Å². The maximum atomic E-state index is 2.53. The average Bonchev–Trinajstić information content (AvgIpc) is 3.69. The molecule has 1 heteroatoms. The first-order valence-electron chi connectivity index (χ1n) is 18.8. The Morgan fingerprint density at radius 2 is 1.31 bits per heavy atom. The number of hydrogen-bond acceptors (Lipinski definition) is 0. The third kappa shape index (κ3) is 4.62. The Morgan fingerprint density at radius 1 is 0.615 bits per heavy atom. The van der Waals surface area contributed by atoms with Crippen LogP contribution >= 0.6 is 0 Å². The first-order chi connectivity index (χ1) is 25.6. The first-order valence-corrected chi connectivity index (χ1v) is 18.8. The molecule has 3 aliphatic rings. The molecule has 0 aliphatic heterocycles. The van der Waals surface area contributed by atoms with Gasteiger partial charge in [0.05, 0.1) is 10.9 Å². The van der Waals surface area contributed by atoms with Crippen molar-refractivity contribution in [2.24, 2.45) is 5.92 Å². The predicted octanol–water partition coefficient (Wildman–Crippen LogP) is 12.9. The van der Waals surface area contributed by atoms with Crippen LogP contribution in [0, 0.1) is 12.8 Å². The van der Waals surface area contributed by atoms with Crippen LogP contribution in [0.5, 0.6) is 0 Å². The molecule has 1 heterocycles. The van der Waals surface area contributed by atoms with Crippen molar-refractivity contribution >= 4 is 22.6 Å². The van der Waals surface area contributed by atoms with Gasteiger partial charge in [-0.1, -0.05) is 146 Å². The Balaban J connectivity index is 1.18. The van der Waals surface area contributed by atoms with Crippen LogP contribution in [0.3, 0.4) is 0 Å². The number of rotatable bonds is 5. The average molecular weight is 668 g/mol. The van der Waals surface area contributed by atoms with Crippen molar-refractivity contribution in [2.75, 3.05) is 0 Å². The van der Waals surface area contributed by atoms with Crippen LogP contribution in [0.4, 0.5) is 0 Å². The number of fused-ring (bicyclic) bond motifs is 5. The lowest BCUT2D eigenvalue weighted by atomic mass is 9.66. The summed E-state index contributed by atoms with van der Waals surface area (Å²) in [6, 6.07) is 54.7. The van der Waals surface area contributed by atoms with Crippen LogP contribution < -0.4 is 0 Å². The van der Waals surface area contributed by atoms with Crippen molar-refractivity contribution in [3.05, 3.63) is 208 Å². The van der Waals surface area contributed by atoms with E-state index in [2.05, 4.69) is 188 Å². The van der Waals surface area contributed by atoms with Gasteiger partial charge in [0.2, 0.25) is 0 Å². The van der Waals surface area contributed by atoms with E-state index in [0.29, 0.717) is 5.92 Å². The predicted molar refractivity (Wildman–Crippen MR) is 219 cm³/mol. The molecule has 0 amide bonds. The fraction of sp³-hybridized carbons (Fsp3) is 0.137. The van der Waals surface area contributed by atoms with Crippen molar-refractivity contribution in [1.82, 2.24) is 4.57 Å². The Morgan fingerprint density at radius 3 is 2.06 bits per heavy atom. The Labute approximate surface area is 306 Å². The molecule has 6 aromatic carbocycles. The summed E-state index contributed by atoms with van der Waals surface area (Å²) >= 11 is 0. The zero-order valence-corrected chi connectivity index (χ0v) is 29.8. The van der Waals surface area contributed by atoms with Gasteiger partial charge in [-0.3, -0.25) is 0 Å². The molecule has 1 atom stereocenters. The number of aromatic nitrogens is 1. The van der Waals surface area contributed by atoms with Crippen molar-refractivity contribution in [3.8, 4) is 27.9 Å². The van der Waals surface area contributed by atoms with Gasteiger partial charge in [0, 0.05) is 16.8 Å². The van der Waals surface area contributed by atoms with E-state index in [-0.39, 0.29) is 0 Å². The summed E-state index contributed by atoms with van der Waals surface area (Å²) in [6.07, 6.45) is 12.7. The molecule has 52 heavy (non-hydrogen) atoms. The highest BCUT2D eigenvalue weighted by Gasteiger charge is 2.48. The lowest BCUT2D eigenvalue weighted by Crippen LogP contribution is -2.30. The summed E-state index contributed by atoms with van der Waals surface area (Å²) in [5.74, 6) is 0.449. The van der Waals surface area contributed by atoms with Crippen LogP contribution in [0.25, 0.3) is 50.5 Å². The van der Waals surface area contributed by atoms with Gasteiger partial charge in [-0.2, -0.15) is 0 Å². The molecule has 0 fully saturated rings. The van der Waals surface area contributed by atoms with Gasteiger partial charge < -0.3 is 4.57 Å². The minimum absolute atomic E-state index is 0.400. The van der Waals surface area contributed by atoms with E-state index < -0.39 is 5.41 Å². The van der Waals surface area contributed by atoms with E-state index in [1.165, 1.54) is 89.1 Å². The van der Waals surface area contributed by atoms with Crippen molar-refractivity contribution < 1.29 is 0 Å². The lowest BCUT2D eigenvalue weighted by molar-refractivity contribution is 0.721. The molecule has 0 saturated carbocycles. The SMILES string of the molecule is Cc1ccc(-c2cccc(-c3ccc4c(c3)c3c(n4-c4ccc5c(c4)C(c4ccccc4)(c4ccccc4)C4=C5C(C)CC=C4)C=CCC3)c2)cc1. The zero-order valence-electron chi connectivity index (χ0n) is 29.8. The molecule has 0 spiro atoms. The van der Waals surface area contributed by atoms with E-state index in [1.54, 1.807) is 0 Å². The molecule has 250 valence electrons. The van der Waals surface area contributed by atoms with Crippen molar-refractivity contribution in [1.29, 1.82) is 0 Å². The van der Waals surface area contributed by atoms with Gasteiger partial charge in [-0.05, 0) is 130 Å². The number of benzene rings is 6. The molecule has 1 nitrogen and oxygen atoms in total. The molecule has 10 rings (SSSR count). The van der Waals surface area contributed by atoms with Gasteiger partial charge in [0.15, 0.2) is 0 Å². The summed E-state index contributed by atoms with van der Waals surface area (Å²) in [4.78, 5) is 0. The fourth-order valence-corrected chi connectivity index (χ4v) is 9.45. The van der Waals surface area contributed by atoms with Crippen LogP contribution in [0.1, 0.15) is 58.8 Å². The minimum Gasteiger partial charge on any atom is -0.310 e. The van der Waals surface area contributed by atoms with Crippen LogP contribution in [-0.2, 0) is 11.8 Å². The van der Waals surface area contributed by atoms with Gasteiger partial charge in [-0.15, -0.1) is 0 Å². The Bertz CT molecular complexity index is 2550. The maximum Gasteiger partial charge on any atom is 0.0711 e. The second-order valence-electron chi connectivity index (χ2n) is 14.9. The first kappa shape index (κ1) is 30.9. The maximum absolute atomic E-state index is 2.53. The van der Waals surface area contributed by atoms with Gasteiger partial charge in [0.1, 0.15) is 0 Å². The normalized spacial score (nSPS) is 16.9. The fourth-order valence-electron chi connectivity index (χ4n) is 9.45. The highest BCUT2D eigenvalue weighted by molar-refractivity contribution is 5.95. The Kier molecular flexibility index (Phi) is 7.18. The van der Waals surface area contributed by atoms with Crippen molar-refractivity contribution in [3.63, 3.8) is 0 Å². The second-order valence-corrected chi connectivity index (χ2v) is 14.9. The Hall–Kier alpha value is -5.92. The molecule has 0 radical (unpaired) electrons. The monoisotopic (exact) mass is 667 g/mol. The smallest absolute Gasteiger partial charge is 0.0711 e. The minimum atomic E-state index is -0.400. The van der Waals surface area contributed by atoms with Crippen LogP contribution in [0.15, 0.2) is 169 Å². The summed E-state index contributed by atoms with van der Waals surface area (Å²) in [6.45, 7) is 4.54. The second kappa shape index (κ2) is 12.1. The molecule has 0 saturated heterocycles. The molecule has 0 N–H and O–H groups in total. The largest absolute Gasteiger partial charge is 0.310 e. The van der Waals surface area contributed by atoms with Crippen LogP contribution in [-0.4, -0.2) is 4.57 Å². The number of aryl methyl sites for hydroxylation is 2. The standard InChI is InChI=1S/C51H41N/c1-34-23-25-36(26-24-34)37-14-12-15-38(31-37)39-27-30-49-45(32-39)43-20-9-10-22-48(43)52(49)42-28-29-44-47(33-42)51(40-16-5-3-6-17-40,41-18-7-4-8-19-41)46-21-11-13-35(2)50(44)46/h3-8,10-12,14-19,21-33,35H,9,13,20H2,1-2H3. The molecule has 0 bridgehead atoms. The van der Waals surface area contributed by atoms with E-state index in [9.17, 15) is 0 Å². The molecule has 1 aromatic heterocycles. The highest BCUT2D eigenvalue weighted by atomic mass is 15.0. The summed E-state index contributed by atoms with van der Waals surface area (Å²) in [5, 5.41) is 1.35. The quantitative estimate of drug-likeness (QED) is 0.172. The molecule has 1 unspecified atom stereocenters. The third-order valence-electron chi connectivity index (χ3n) is 11.9. The van der Waals surface area contributed by atoms with Gasteiger partial charge >= 0.3 is 0 Å².